The highest BCUT2D eigenvalue weighted by Crippen LogP contribution is 2.28. The van der Waals surface area contributed by atoms with E-state index in [0.29, 0.717) is 32.2 Å². The number of aromatic amines is 1. The third-order valence-electron chi connectivity index (χ3n) is 4.50. The van der Waals surface area contributed by atoms with Crippen LogP contribution >= 0.6 is 0 Å². The quantitative estimate of drug-likeness (QED) is 0.893. The van der Waals surface area contributed by atoms with Gasteiger partial charge in [-0.1, -0.05) is 0 Å². The number of alkyl halides is 1. The van der Waals surface area contributed by atoms with Crippen molar-refractivity contribution >= 4 is 16.8 Å². The van der Waals surface area contributed by atoms with Crippen LogP contribution in [0.15, 0.2) is 18.2 Å². The maximum Gasteiger partial charge on any atom is 0.223 e. The van der Waals surface area contributed by atoms with E-state index in [0.717, 1.165) is 22.2 Å². The number of hydrogen-bond acceptors (Lipinski definition) is 1. The molecule has 2 N–H and O–H groups in total. The molecule has 0 spiro atoms. The number of fused-ring (bicyclic) bond motifs is 1. The first-order valence-electron chi connectivity index (χ1n) is 7.73. The van der Waals surface area contributed by atoms with E-state index in [2.05, 4.69) is 10.3 Å². The predicted octanol–water partition coefficient (Wildman–Crippen LogP) is 3.41. The molecule has 1 heterocycles. The third kappa shape index (κ3) is 2.98. The van der Waals surface area contributed by atoms with Crippen LogP contribution in [0.2, 0.25) is 0 Å². The molecule has 3 nitrogen and oxygen atoms in total. The van der Waals surface area contributed by atoms with Crippen molar-refractivity contribution < 1.29 is 13.6 Å². The molecule has 1 aliphatic carbocycles. The van der Waals surface area contributed by atoms with E-state index in [4.69, 9.17) is 0 Å². The number of carbonyl (C=O) groups is 1. The number of halogens is 2. The minimum absolute atomic E-state index is 0.0521. The lowest BCUT2D eigenvalue weighted by Crippen LogP contribution is -2.31. The lowest BCUT2D eigenvalue weighted by molar-refractivity contribution is -0.124. The summed E-state index contributed by atoms with van der Waals surface area (Å²) >= 11 is 0. The molecule has 0 aliphatic heterocycles. The Morgan fingerprint density at radius 2 is 2.23 bits per heavy atom. The van der Waals surface area contributed by atoms with Crippen LogP contribution in [0, 0.1) is 18.7 Å². The van der Waals surface area contributed by atoms with Crippen LogP contribution < -0.4 is 5.32 Å². The van der Waals surface area contributed by atoms with Gasteiger partial charge in [0.15, 0.2) is 0 Å². The first-order valence-corrected chi connectivity index (χ1v) is 7.73. The van der Waals surface area contributed by atoms with E-state index in [1.54, 1.807) is 6.07 Å². The number of aryl methyl sites for hydroxylation is 1. The molecule has 0 bridgehead atoms. The fourth-order valence-electron chi connectivity index (χ4n) is 3.30. The van der Waals surface area contributed by atoms with Crippen molar-refractivity contribution in [3.63, 3.8) is 0 Å². The maximum absolute atomic E-state index is 13.2. The van der Waals surface area contributed by atoms with Crippen molar-refractivity contribution in [3.05, 3.63) is 35.3 Å². The second-order valence-electron chi connectivity index (χ2n) is 6.07. The number of carbonyl (C=O) groups excluding carboxylic acids is 1. The molecule has 22 heavy (non-hydrogen) atoms. The highest BCUT2D eigenvalue weighted by molar-refractivity contribution is 5.85. The van der Waals surface area contributed by atoms with Gasteiger partial charge in [0, 0.05) is 29.1 Å². The average Bonchev–Trinajstić information content (AvgIpc) is 3.02. The van der Waals surface area contributed by atoms with Gasteiger partial charge >= 0.3 is 0 Å². The predicted molar refractivity (Wildman–Crippen MR) is 81.9 cm³/mol. The second kappa shape index (κ2) is 6.07. The SMILES string of the molecule is Cc1[nH]c2cc(F)ccc2c1CCNC(=O)C1CCC(F)C1. The summed E-state index contributed by atoms with van der Waals surface area (Å²) in [6, 6.07) is 4.68. The topological polar surface area (TPSA) is 44.9 Å². The Hall–Kier alpha value is -1.91. The summed E-state index contributed by atoms with van der Waals surface area (Å²) in [5.74, 6) is -0.507. The molecule has 1 aromatic heterocycles. The number of nitrogens with one attached hydrogen (secondary N) is 2. The molecule has 1 fully saturated rings. The van der Waals surface area contributed by atoms with Crippen LogP contribution in [0.1, 0.15) is 30.5 Å². The fraction of sp³-hybridized carbons (Fsp3) is 0.471. The van der Waals surface area contributed by atoms with E-state index in [1.807, 2.05) is 6.92 Å². The van der Waals surface area contributed by atoms with E-state index >= 15 is 0 Å². The number of H-pyrrole nitrogens is 1. The van der Waals surface area contributed by atoms with Gasteiger partial charge in [-0.3, -0.25) is 4.79 Å². The second-order valence-corrected chi connectivity index (χ2v) is 6.07. The largest absolute Gasteiger partial charge is 0.358 e. The van der Waals surface area contributed by atoms with E-state index in [9.17, 15) is 13.6 Å². The van der Waals surface area contributed by atoms with Gasteiger partial charge in [0.05, 0.1) is 0 Å². The molecule has 0 radical (unpaired) electrons. The lowest BCUT2D eigenvalue weighted by Gasteiger charge is -2.10. The molecular weight excluding hydrogens is 286 g/mol. The summed E-state index contributed by atoms with van der Waals surface area (Å²) in [6.07, 6.45) is 1.32. The van der Waals surface area contributed by atoms with Crippen LogP contribution in [0.25, 0.3) is 10.9 Å². The van der Waals surface area contributed by atoms with Gasteiger partial charge < -0.3 is 10.3 Å². The van der Waals surface area contributed by atoms with Crippen molar-refractivity contribution in [2.75, 3.05) is 6.54 Å². The summed E-state index contributed by atoms with van der Waals surface area (Å²) in [5, 5.41) is 3.88. The minimum Gasteiger partial charge on any atom is -0.358 e. The molecule has 5 heteroatoms. The van der Waals surface area contributed by atoms with Crippen LogP contribution in [-0.4, -0.2) is 23.6 Å². The smallest absolute Gasteiger partial charge is 0.223 e. The molecule has 1 saturated carbocycles. The van der Waals surface area contributed by atoms with Gasteiger partial charge in [-0.2, -0.15) is 0 Å². The monoisotopic (exact) mass is 306 g/mol. The Balaban J connectivity index is 1.62. The Morgan fingerprint density at radius 3 is 2.95 bits per heavy atom. The van der Waals surface area contributed by atoms with Crippen molar-refractivity contribution in [1.29, 1.82) is 0 Å². The molecule has 2 atom stereocenters. The molecule has 1 aliphatic rings. The zero-order valence-corrected chi connectivity index (χ0v) is 12.6. The minimum atomic E-state index is -0.832. The number of rotatable bonds is 4. The number of amides is 1. The molecule has 2 unspecified atom stereocenters. The summed E-state index contributed by atoms with van der Waals surface area (Å²) < 4.78 is 26.4. The standard InChI is InChI=1S/C17H20F2N2O/c1-10-14(15-5-4-13(19)9-16(15)21-10)6-7-20-17(22)11-2-3-12(18)8-11/h4-5,9,11-12,21H,2-3,6-8H2,1H3,(H,20,22). The summed E-state index contributed by atoms with van der Waals surface area (Å²) in [6.45, 7) is 2.46. The Morgan fingerprint density at radius 1 is 1.41 bits per heavy atom. The first-order chi connectivity index (χ1) is 10.5. The molecule has 3 rings (SSSR count). The van der Waals surface area contributed by atoms with Gasteiger partial charge in [0.2, 0.25) is 5.91 Å². The molecule has 0 saturated heterocycles. The van der Waals surface area contributed by atoms with Gasteiger partial charge in [-0.25, -0.2) is 8.78 Å². The maximum atomic E-state index is 13.2. The van der Waals surface area contributed by atoms with Crippen molar-refractivity contribution in [1.82, 2.24) is 10.3 Å². The first kappa shape index (κ1) is 15.0. The Labute approximate surface area is 128 Å². The number of hydrogen-bond donors (Lipinski definition) is 2. The van der Waals surface area contributed by atoms with Gasteiger partial charge in [0.25, 0.3) is 0 Å². The highest BCUT2D eigenvalue weighted by atomic mass is 19.1. The normalized spacial score (nSPS) is 21.4. The Kier molecular flexibility index (Phi) is 4.14. The van der Waals surface area contributed by atoms with E-state index in [-0.39, 0.29) is 17.6 Å². The van der Waals surface area contributed by atoms with Crippen LogP contribution in [0.4, 0.5) is 8.78 Å². The summed E-state index contributed by atoms with van der Waals surface area (Å²) in [4.78, 5) is 15.1. The zero-order valence-electron chi connectivity index (χ0n) is 12.6. The number of aromatic nitrogens is 1. The van der Waals surface area contributed by atoms with Crippen molar-refractivity contribution in [2.24, 2.45) is 5.92 Å². The third-order valence-corrected chi connectivity index (χ3v) is 4.50. The summed E-state index contributed by atoms with van der Waals surface area (Å²) in [5.41, 5.74) is 2.85. The van der Waals surface area contributed by atoms with Crippen molar-refractivity contribution in [3.8, 4) is 0 Å². The molecule has 1 amide bonds. The van der Waals surface area contributed by atoms with Gasteiger partial charge in [-0.15, -0.1) is 0 Å². The van der Waals surface area contributed by atoms with E-state index in [1.165, 1.54) is 12.1 Å². The van der Waals surface area contributed by atoms with Gasteiger partial charge in [0.1, 0.15) is 12.0 Å². The van der Waals surface area contributed by atoms with Crippen molar-refractivity contribution in [2.45, 2.75) is 38.8 Å². The van der Waals surface area contributed by atoms with E-state index < -0.39 is 6.17 Å². The zero-order chi connectivity index (χ0) is 15.7. The molecular formula is C17H20F2N2O. The summed E-state index contributed by atoms with van der Waals surface area (Å²) in [7, 11) is 0. The van der Waals surface area contributed by atoms with Crippen LogP contribution in [0.3, 0.4) is 0 Å². The molecule has 1 aromatic carbocycles. The van der Waals surface area contributed by atoms with Crippen LogP contribution in [0.5, 0.6) is 0 Å². The molecule has 2 aromatic rings. The average molecular weight is 306 g/mol. The highest BCUT2D eigenvalue weighted by Gasteiger charge is 2.29. The fourth-order valence-corrected chi connectivity index (χ4v) is 3.30. The lowest BCUT2D eigenvalue weighted by atomic mass is 10.1. The molecule has 118 valence electrons. The van der Waals surface area contributed by atoms with Gasteiger partial charge in [-0.05, 0) is 56.4 Å². The van der Waals surface area contributed by atoms with Crippen LogP contribution in [-0.2, 0) is 11.2 Å². The Bertz CT molecular complexity index is 695. The number of benzene rings is 1.